The van der Waals surface area contributed by atoms with Crippen LogP contribution in [0.25, 0.3) is 0 Å². The Kier molecular flexibility index (Phi) is 6.21. The normalized spacial score (nSPS) is 21.2. The van der Waals surface area contributed by atoms with Crippen LogP contribution < -0.4 is 0 Å². The summed E-state index contributed by atoms with van der Waals surface area (Å²) in [6.45, 7) is 23.2. The molecular formula is C20H40N2O3Si. The first-order valence-electron chi connectivity index (χ1n) is 10.1. The Labute approximate surface area is 161 Å². The lowest BCUT2D eigenvalue weighted by Crippen LogP contribution is -2.60. The van der Waals surface area contributed by atoms with Crippen LogP contribution in [0.1, 0.15) is 54.4 Å². The van der Waals surface area contributed by atoms with Gasteiger partial charge in [0, 0.05) is 38.2 Å². The molecule has 2 heterocycles. The number of ether oxygens (including phenoxy) is 1. The zero-order valence-electron chi connectivity index (χ0n) is 18.3. The second kappa shape index (κ2) is 7.44. The fourth-order valence-electron chi connectivity index (χ4n) is 3.53. The van der Waals surface area contributed by atoms with Crippen molar-refractivity contribution in [1.82, 2.24) is 9.80 Å². The molecular weight excluding hydrogens is 344 g/mol. The van der Waals surface area contributed by atoms with Gasteiger partial charge in [-0.1, -0.05) is 20.8 Å². The lowest BCUT2D eigenvalue weighted by atomic mass is 9.79. The Hall–Kier alpha value is -0.593. The number of nitrogens with zero attached hydrogens (tertiary/aromatic N) is 2. The minimum Gasteiger partial charge on any atom is -0.444 e. The SMILES string of the molecule is CC(C)(C)OC(=O)N1CC2(CCN(CCCO[Si](C)(C)C(C)(C)C)C2)C1. The molecule has 2 aliphatic heterocycles. The molecule has 152 valence electrons. The molecule has 2 rings (SSSR count). The molecule has 5 nitrogen and oxygen atoms in total. The average molecular weight is 385 g/mol. The molecule has 2 saturated heterocycles. The zero-order valence-corrected chi connectivity index (χ0v) is 19.3. The Morgan fingerprint density at radius 2 is 1.69 bits per heavy atom. The summed E-state index contributed by atoms with van der Waals surface area (Å²) in [4.78, 5) is 16.5. The van der Waals surface area contributed by atoms with Crippen LogP contribution in [0.4, 0.5) is 4.79 Å². The molecule has 0 radical (unpaired) electrons. The van der Waals surface area contributed by atoms with Crippen LogP contribution in [-0.4, -0.2) is 69.1 Å². The quantitative estimate of drug-likeness (QED) is 0.522. The van der Waals surface area contributed by atoms with Crippen LogP contribution in [0.5, 0.6) is 0 Å². The van der Waals surface area contributed by atoms with E-state index >= 15 is 0 Å². The summed E-state index contributed by atoms with van der Waals surface area (Å²) in [5.41, 5.74) is -0.108. The van der Waals surface area contributed by atoms with Crippen molar-refractivity contribution in [3.63, 3.8) is 0 Å². The molecule has 0 aliphatic carbocycles. The number of amides is 1. The fraction of sp³-hybridized carbons (Fsp3) is 0.950. The van der Waals surface area contributed by atoms with Crippen molar-refractivity contribution in [3.05, 3.63) is 0 Å². The van der Waals surface area contributed by atoms with Crippen LogP contribution >= 0.6 is 0 Å². The number of carbonyl (C=O) groups is 1. The second-order valence-corrected chi connectivity index (χ2v) is 15.6. The van der Waals surface area contributed by atoms with Gasteiger partial charge in [0.2, 0.25) is 0 Å². The Morgan fingerprint density at radius 1 is 1.08 bits per heavy atom. The summed E-state index contributed by atoms with van der Waals surface area (Å²) in [7, 11) is -1.62. The summed E-state index contributed by atoms with van der Waals surface area (Å²) >= 11 is 0. The van der Waals surface area contributed by atoms with Crippen molar-refractivity contribution in [2.24, 2.45) is 5.41 Å². The largest absolute Gasteiger partial charge is 0.444 e. The first-order chi connectivity index (χ1) is 11.7. The van der Waals surface area contributed by atoms with Gasteiger partial charge in [-0.15, -0.1) is 0 Å². The van der Waals surface area contributed by atoms with Crippen molar-refractivity contribution < 1.29 is 14.0 Å². The van der Waals surface area contributed by atoms with Gasteiger partial charge in [-0.25, -0.2) is 4.79 Å². The predicted molar refractivity (Wildman–Crippen MR) is 109 cm³/mol. The highest BCUT2D eigenvalue weighted by molar-refractivity contribution is 6.74. The molecule has 26 heavy (non-hydrogen) atoms. The summed E-state index contributed by atoms with van der Waals surface area (Å²) < 4.78 is 11.8. The first kappa shape index (κ1) is 21.7. The van der Waals surface area contributed by atoms with Crippen LogP contribution in [-0.2, 0) is 9.16 Å². The van der Waals surface area contributed by atoms with Gasteiger partial charge in [-0.2, -0.15) is 0 Å². The molecule has 1 amide bonds. The van der Waals surface area contributed by atoms with E-state index in [9.17, 15) is 4.79 Å². The van der Waals surface area contributed by atoms with Crippen LogP contribution in [0.15, 0.2) is 0 Å². The van der Waals surface area contributed by atoms with E-state index in [4.69, 9.17) is 9.16 Å². The van der Waals surface area contributed by atoms with E-state index in [0.717, 1.165) is 45.8 Å². The number of carbonyl (C=O) groups excluding carboxylic acids is 1. The summed E-state index contributed by atoms with van der Waals surface area (Å²) in [5.74, 6) is 0. The van der Waals surface area contributed by atoms with Crippen LogP contribution in [0, 0.1) is 5.41 Å². The Morgan fingerprint density at radius 3 is 2.23 bits per heavy atom. The van der Waals surface area contributed by atoms with Crippen LogP contribution in [0.2, 0.25) is 18.1 Å². The minimum atomic E-state index is -1.62. The average Bonchev–Trinajstić information content (AvgIpc) is 2.83. The fourth-order valence-corrected chi connectivity index (χ4v) is 4.62. The Balaban J connectivity index is 1.67. The van der Waals surface area contributed by atoms with E-state index in [-0.39, 0.29) is 11.1 Å². The lowest BCUT2D eigenvalue weighted by molar-refractivity contribution is -0.0305. The van der Waals surface area contributed by atoms with Crippen LogP contribution in [0.3, 0.4) is 0 Å². The molecule has 6 heteroatoms. The van der Waals surface area contributed by atoms with Crippen molar-refractivity contribution in [3.8, 4) is 0 Å². The molecule has 0 atom stereocenters. The van der Waals surface area contributed by atoms with E-state index in [0.29, 0.717) is 5.41 Å². The summed E-state index contributed by atoms with van der Waals surface area (Å²) in [6.07, 6.45) is 2.12. The van der Waals surface area contributed by atoms with Gasteiger partial charge < -0.3 is 19.0 Å². The molecule has 0 aromatic rings. The van der Waals surface area contributed by atoms with Crippen molar-refractivity contribution >= 4 is 14.4 Å². The maximum absolute atomic E-state index is 12.1. The van der Waals surface area contributed by atoms with E-state index in [1.54, 1.807) is 0 Å². The van der Waals surface area contributed by atoms with E-state index < -0.39 is 13.9 Å². The molecule has 0 N–H and O–H groups in total. The third-order valence-corrected chi connectivity index (χ3v) is 10.6. The van der Waals surface area contributed by atoms with E-state index in [2.05, 4.69) is 38.8 Å². The third-order valence-electron chi connectivity index (χ3n) is 6.11. The van der Waals surface area contributed by atoms with Gasteiger partial charge in [-0.05, 0) is 58.3 Å². The summed E-state index contributed by atoms with van der Waals surface area (Å²) in [6, 6.07) is 0. The molecule has 0 aromatic carbocycles. The molecule has 2 aliphatic rings. The van der Waals surface area contributed by atoms with Crippen molar-refractivity contribution in [2.45, 2.75) is 78.1 Å². The molecule has 1 spiro atoms. The van der Waals surface area contributed by atoms with Gasteiger partial charge in [0.25, 0.3) is 0 Å². The monoisotopic (exact) mass is 384 g/mol. The molecule has 0 saturated carbocycles. The molecule has 2 fully saturated rings. The third kappa shape index (κ3) is 5.46. The highest BCUT2D eigenvalue weighted by atomic mass is 28.4. The van der Waals surface area contributed by atoms with Gasteiger partial charge in [-0.3, -0.25) is 0 Å². The highest BCUT2D eigenvalue weighted by Crippen LogP contribution is 2.40. The van der Waals surface area contributed by atoms with Gasteiger partial charge >= 0.3 is 6.09 Å². The first-order valence-corrected chi connectivity index (χ1v) is 13.0. The maximum atomic E-state index is 12.1. The highest BCUT2D eigenvalue weighted by Gasteiger charge is 2.50. The van der Waals surface area contributed by atoms with Crippen molar-refractivity contribution in [2.75, 3.05) is 39.3 Å². The number of likely N-dealkylation sites (tertiary alicyclic amines) is 2. The second-order valence-electron chi connectivity index (χ2n) is 10.8. The van der Waals surface area contributed by atoms with Crippen molar-refractivity contribution in [1.29, 1.82) is 0 Å². The lowest BCUT2D eigenvalue weighted by Gasteiger charge is -2.48. The molecule has 0 unspecified atom stereocenters. The number of rotatable bonds is 5. The maximum Gasteiger partial charge on any atom is 0.410 e. The molecule has 0 aromatic heterocycles. The summed E-state index contributed by atoms with van der Waals surface area (Å²) in [5, 5.41) is 0.280. The van der Waals surface area contributed by atoms with Gasteiger partial charge in [0.15, 0.2) is 8.32 Å². The van der Waals surface area contributed by atoms with E-state index in [1.165, 1.54) is 6.42 Å². The molecule has 0 bridgehead atoms. The number of hydrogen-bond acceptors (Lipinski definition) is 4. The standard InChI is InChI=1S/C20H40N2O3Si/c1-18(2,3)25-17(23)22-15-20(16-22)10-12-21(14-20)11-9-13-24-26(7,8)19(4,5)6/h9-16H2,1-8H3. The topological polar surface area (TPSA) is 42.0 Å². The minimum absolute atomic E-state index is 0.163. The smallest absolute Gasteiger partial charge is 0.410 e. The van der Waals surface area contributed by atoms with Gasteiger partial charge in [0.1, 0.15) is 5.60 Å². The predicted octanol–water partition coefficient (Wildman–Crippen LogP) is 4.34. The Bertz CT molecular complexity index is 502. The number of hydrogen-bond donors (Lipinski definition) is 0. The zero-order chi connectivity index (χ0) is 19.8. The van der Waals surface area contributed by atoms with Gasteiger partial charge in [0.05, 0.1) is 0 Å². The van der Waals surface area contributed by atoms with E-state index in [1.807, 2.05) is 25.7 Å².